The van der Waals surface area contributed by atoms with Crippen molar-refractivity contribution in [2.75, 3.05) is 25.5 Å². The second-order valence-corrected chi connectivity index (χ2v) is 6.48. The molecule has 2 unspecified atom stereocenters. The highest BCUT2D eigenvalue weighted by Crippen LogP contribution is 2.36. The molecule has 2 atom stereocenters. The number of hydrogen-bond acceptors (Lipinski definition) is 5. The van der Waals surface area contributed by atoms with Crippen LogP contribution < -0.4 is 5.32 Å². The molecule has 1 saturated carbocycles. The molecule has 1 aromatic rings. The van der Waals surface area contributed by atoms with E-state index in [1.807, 2.05) is 4.90 Å². The summed E-state index contributed by atoms with van der Waals surface area (Å²) in [5, 5.41) is 12.1. The minimum absolute atomic E-state index is 0.0584. The summed E-state index contributed by atoms with van der Waals surface area (Å²) < 4.78 is 0. The fraction of sp³-hybridized carbons (Fsp3) is 0.769. The summed E-state index contributed by atoms with van der Waals surface area (Å²) in [4.78, 5) is 14.4. The van der Waals surface area contributed by atoms with Gasteiger partial charge in [0, 0.05) is 20.1 Å². The van der Waals surface area contributed by atoms with Gasteiger partial charge in [-0.25, -0.2) is 0 Å². The van der Waals surface area contributed by atoms with Gasteiger partial charge in [0.15, 0.2) is 0 Å². The molecule has 5 nitrogen and oxygen atoms in total. The Hall–Kier alpha value is -1.17. The molecule has 2 fully saturated rings. The van der Waals surface area contributed by atoms with Gasteiger partial charge in [-0.15, -0.1) is 10.2 Å². The first-order valence-electron chi connectivity index (χ1n) is 7.08. The van der Waals surface area contributed by atoms with Crippen molar-refractivity contribution >= 4 is 22.4 Å². The molecule has 1 aliphatic heterocycles. The van der Waals surface area contributed by atoms with Crippen molar-refractivity contribution < 1.29 is 4.79 Å². The predicted molar refractivity (Wildman–Crippen MR) is 75.4 cm³/mol. The number of nitrogens with zero attached hydrogens (tertiary/aromatic N) is 3. The molecule has 1 aliphatic carbocycles. The quantitative estimate of drug-likeness (QED) is 0.902. The van der Waals surface area contributed by atoms with E-state index in [0.29, 0.717) is 16.1 Å². The summed E-state index contributed by atoms with van der Waals surface area (Å²) in [6, 6.07) is 0. The van der Waals surface area contributed by atoms with Crippen molar-refractivity contribution in [3.05, 3.63) is 5.01 Å². The van der Waals surface area contributed by atoms with Gasteiger partial charge in [-0.1, -0.05) is 30.6 Å². The molecule has 0 aromatic carbocycles. The van der Waals surface area contributed by atoms with Crippen LogP contribution in [0.15, 0.2) is 0 Å². The molecule has 1 saturated heterocycles. The zero-order valence-electron chi connectivity index (χ0n) is 11.3. The van der Waals surface area contributed by atoms with Crippen molar-refractivity contribution in [2.24, 2.45) is 11.8 Å². The van der Waals surface area contributed by atoms with Crippen LogP contribution in [0, 0.1) is 11.8 Å². The first-order valence-corrected chi connectivity index (χ1v) is 7.90. The third-order valence-corrected chi connectivity index (χ3v) is 5.33. The SMILES string of the molecule is CNc1nnc(C(=O)N2CCC3CCCCC3C2)s1. The Bertz CT molecular complexity index is 461. The molecule has 0 radical (unpaired) electrons. The largest absolute Gasteiger partial charge is 0.363 e. The molecule has 104 valence electrons. The minimum Gasteiger partial charge on any atom is -0.363 e. The average Bonchev–Trinajstić information content (AvgIpc) is 2.95. The number of likely N-dealkylation sites (tertiary alicyclic amines) is 1. The summed E-state index contributed by atoms with van der Waals surface area (Å²) >= 11 is 1.34. The van der Waals surface area contributed by atoms with Crippen LogP contribution in [0.2, 0.25) is 0 Å². The van der Waals surface area contributed by atoms with Crippen molar-refractivity contribution in [3.63, 3.8) is 0 Å². The normalized spacial score (nSPS) is 26.9. The standard InChI is InChI=1S/C13H20N4OS/c1-14-13-16-15-11(19-13)12(18)17-7-6-9-4-2-3-5-10(9)8-17/h9-10H,2-8H2,1H3,(H,14,16). The smallest absolute Gasteiger partial charge is 0.284 e. The van der Waals surface area contributed by atoms with E-state index in [0.717, 1.165) is 25.4 Å². The lowest BCUT2D eigenvalue weighted by molar-refractivity contribution is 0.0520. The summed E-state index contributed by atoms with van der Waals surface area (Å²) in [7, 11) is 1.79. The van der Waals surface area contributed by atoms with E-state index in [1.165, 1.54) is 37.0 Å². The third kappa shape index (κ3) is 2.59. The van der Waals surface area contributed by atoms with Crippen LogP contribution in [0.25, 0.3) is 0 Å². The average molecular weight is 280 g/mol. The van der Waals surface area contributed by atoms with Crippen LogP contribution in [0.5, 0.6) is 0 Å². The van der Waals surface area contributed by atoms with E-state index in [9.17, 15) is 4.79 Å². The zero-order chi connectivity index (χ0) is 13.2. The molecule has 19 heavy (non-hydrogen) atoms. The Morgan fingerprint density at radius 1 is 1.26 bits per heavy atom. The number of fused-ring (bicyclic) bond motifs is 1. The first-order chi connectivity index (χ1) is 9.28. The van der Waals surface area contributed by atoms with Gasteiger partial charge in [0.05, 0.1) is 0 Å². The van der Waals surface area contributed by atoms with Crippen molar-refractivity contribution in [1.82, 2.24) is 15.1 Å². The molecule has 6 heteroatoms. The molecule has 2 aliphatic rings. The van der Waals surface area contributed by atoms with Crippen LogP contribution in [0.4, 0.5) is 5.13 Å². The number of rotatable bonds is 2. The van der Waals surface area contributed by atoms with Crippen LogP contribution in [-0.4, -0.2) is 41.1 Å². The van der Waals surface area contributed by atoms with Gasteiger partial charge >= 0.3 is 0 Å². The Labute approximate surface area is 117 Å². The van der Waals surface area contributed by atoms with E-state index < -0.39 is 0 Å². The molecule has 2 heterocycles. The van der Waals surface area contributed by atoms with E-state index in [-0.39, 0.29) is 5.91 Å². The van der Waals surface area contributed by atoms with Gasteiger partial charge in [0.1, 0.15) is 0 Å². The van der Waals surface area contributed by atoms with Gasteiger partial charge in [0.2, 0.25) is 10.1 Å². The van der Waals surface area contributed by atoms with Gasteiger partial charge in [0.25, 0.3) is 5.91 Å². The second-order valence-electron chi connectivity index (χ2n) is 5.51. The maximum atomic E-state index is 12.4. The number of piperidine rings is 1. The van der Waals surface area contributed by atoms with E-state index in [4.69, 9.17) is 0 Å². The summed E-state index contributed by atoms with van der Waals surface area (Å²) in [6.07, 6.45) is 6.50. The van der Waals surface area contributed by atoms with Crippen LogP contribution in [0.3, 0.4) is 0 Å². The number of nitrogens with one attached hydrogen (secondary N) is 1. The first kappa shape index (κ1) is 12.8. The Kier molecular flexibility index (Phi) is 3.68. The van der Waals surface area contributed by atoms with Gasteiger partial charge in [-0.2, -0.15) is 0 Å². The second kappa shape index (κ2) is 5.45. The zero-order valence-corrected chi connectivity index (χ0v) is 12.1. The molecule has 3 rings (SSSR count). The predicted octanol–water partition coefficient (Wildman–Crippen LogP) is 2.23. The Balaban J connectivity index is 1.67. The van der Waals surface area contributed by atoms with Gasteiger partial charge in [-0.05, 0) is 24.7 Å². The number of anilines is 1. The number of amides is 1. The molecular weight excluding hydrogens is 260 g/mol. The fourth-order valence-corrected chi connectivity index (χ4v) is 4.00. The minimum atomic E-state index is 0.0584. The molecule has 1 amide bonds. The highest BCUT2D eigenvalue weighted by molar-refractivity contribution is 7.17. The summed E-state index contributed by atoms with van der Waals surface area (Å²) in [5.74, 6) is 1.62. The van der Waals surface area contributed by atoms with E-state index in [2.05, 4.69) is 15.5 Å². The van der Waals surface area contributed by atoms with Crippen molar-refractivity contribution in [2.45, 2.75) is 32.1 Å². The molecular formula is C13H20N4OS. The lowest BCUT2D eigenvalue weighted by Crippen LogP contribution is -2.44. The van der Waals surface area contributed by atoms with Gasteiger partial charge < -0.3 is 10.2 Å². The van der Waals surface area contributed by atoms with Crippen molar-refractivity contribution in [1.29, 1.82) is 0 Å². The van der Waals surface area contributed by atoms with Crippen LogP contribution >= 0.6 is 11.3 Å². The maximum Gasteiger partial charge on any atom is 0.284 e. The van der Waals surface area contributed by atoms with E-state index in [1.54, 1.807) is 7.05 Å². The number of hydrogen-bond donors (Lipinski definition) is 1. The molecule has 0 spiro atoms. The lowest BCUT2D eigenvalue weighted by Gasteiger charge is -2.40. The molecule has 1 aromatic heterocycles. The number of carbonyl (C=O) groups excluding carboxylic acids is 1. The van der Waals surface area contributed by atoms with E-state index >= 15 is 0 Å². The summed E-state index contributed by atoms with van der Waals surface area (Å²) in [5.41, 5.74) is 0. The van der Waals surface area contributed by atoms with Crippen LogP contribution in [-0.2, 0) is 0 Å². The molecule has 1 N–H and O–H groups in total. The number of carbonyl (C=O) groups is 1. The Morgan fingerprint density at radius 2 is 2.05 bits per heavy atom. The fourth-order valence-electron chi connectivity index (χ4n) is 3.33. The number of aromatic nitrogens is 2. The van der Waals surface area contributed by atoms with Crippen LogP contribution in [0.1, 0.15) is 41.9 Å². The summed E-state index contributed by atoms with van der Waals surface area (Å²) in [6.45, 7) is 1.80. The topological polar surface area (TPSA) is 58.1 Å². The van der Waals surface area contributed by atoms with Gasteiger partial charge in [-0.3, -0.25) is 4.79 Å². The maximum absolute atomic E-state index is 12.4. The monoisotopic (exact) mass is 280 g/mol. The van der Waals surface area contributed by atoms with Crippen molar-refractivity contribution in [3.8, 4) is 0 Å². The molecule has 0 bridgehead atoms. The third-order valence-electron chi connectivity index (χ3n) is 4.40. The highest BCUT2D eigenvalue weighted by atomic mass is 32.1. The Morgan fingerprint density at radius 3 is 2.79 bits per heavy atom. The lowest BCUT2D eigenvalue weighted by atomic mass is 9.75. The highest BCUT2D eigenvalue weighted by Gasteiger charge is 2.34.